The zero-order valence-corrected chi connectivity index (χ0v) is 13.4. The highest BCUT2D eigenvalue weighted by atomic mass is 16.5. The van der Waals surface area contributed by atoms with E-state index in [0.717, 1.165) is 44.2 Å². The number of methoxy groups -OCH3 is 1. The molecule has 21 heavy (non-hydrogen) atoms. The van der Waals surface area contributed by atoms with E-state index in [-0.39, 0.29) is 0 Å². The summed E-state index contributed by atoms with van der Waals surface area (Å²) in [6.07, 6.45) is 6.06. The van der Waals surface area contributed by atoms with Gasteiger partial charge in [0, 0.05) is 19.6 Å². The second kappa shape index (κ2) is 10.8. The van der Waals surface area contributed by atoms with E-state index in [1.165, 1.54) is 5.56 Å². The summed E-state index contributed by atoms with van der Waals surface area (Å²) < 4.78 is 5.36. The third kappa shape index (κ3) is 6.84. The first-order valence-corrected chi connectivity index (χ1v) is 7.57. The molecule has 116 valence electrons. The van der Waals surface area contributed by atoms with Crippen molar-refractivity contribution in [3.8, 4) is 5.75 Å². The number of allylic oxidation sites excluding steroid dienone is 1. The van der Waals surface area contributed by atoms with Crippen LogP contribution in [0.15, 0.2) is 41.4 Å². The molecule has 0 fully saturated rings. The molecule has 0 bridgehead atoms. The molecular formula is C17H27N3O. The van der Waals surface area contributed by atoms with Crippen LogP contribution in [0.5, 0.6) is 5.75 Å². The van der Waals surface area contributed by atoms with Gasteiger partial charge in [-0.3, -0.25) is 4.99 Å². The molecule has 0 aliphatic carbocycles. The molecule has 0 unspecified atom stereocenters. The van der Waals surface area contributed by atoms with Crippen molar-refractivity contribution in [1.82, 2.24) is 10.6 Å². The summed E-state index contributed by atoms with van der Waals surface area (Å²) in [5, 5.41) is 6.61. The zero-order chi connectivity index (χ0) is 15.3. The van der Waals surface area contributed by atoms with Gasteiger partial charge in [0.15, 0.2) is 5.96 Å². The van der Waals surface area contributed by atoms with Crippen molar-refractivity contribution in [3.63, 3.8) is 0 Å². The third-order valence-corrected chi connectivity index (χ3v) is 3.02. The lowest BCUT2D eigenvalue weighted by Crippen LogP contribution is -2.38. The van der Waals surface area contributed by atoms with Gasteiger partial charge in [-0.05, 0) is 38.3 Å². The molecule has 0 aliphatic rings. The van der Waals surface area contributed by atoms with Gasteiger partial charge in [-0.1, -0.05) is 30.4 Å². The molecule has 0 aromatic heterocycles. The van der Waals surface area contributed by atoms with Gasteiger partial charge in [0.25, 0.3) is 0 Å². The van der Waals surface area contributed by atoms with Crippen LogP contribution in [0.3, 0.4) is 0 Å². The second-order valence-corrected chi connectivity index (χ2v) is 4.61. The SMILES string of the molecule is C/C=C/CCN=C(NCC)NCCc1ccccc1OC. The molecule has 0 heterocycles. The number of para-hydroxylation sites is 1. The van der Waals surface area contributed by atoms with Crippen LogP contribution in [0.4, 0.5) is 0 Å². The first kappa shape index (κ1) is 17.1. The van der Waals surface area contributed by atoms with Crippen LogP contribution >= 0.6 is 0 Å². The first-order chi connectivity index (χ1) is 10.3. The van der Waals surface area contributed by atoms with Crippen LogP contribution < -0.4 is 15.4 Å². The van der Waals surface area contributed by atoms with E-state index in [2.05, 4.69) is 40.8 Å². The van der Waals surface area contributed by atoms with Crippen molar-refractivity contribution in [2.45, 2.75) is 26.7 Å². The molecule has 1 aromatic rings. The van der Waals surface area contributed by atoms with Crippen molar-refractivity contribution >= 4 is 5.96 Å². The molecule has 0 atom stereocenters. The largest absolute Gasteiger partial charge is 0.496 e. The van der Waals surface area contributed by atoms with Crippen LogP contribution in [0, 0.1) is 0 Å². The minimum Gasteiger partial charge on any atom is -0.496 e. The Morgan fingerprint density at radius 3 is 2.81 bits per heavy atom. The molecule has 0 amide bonds. The summed E-state index contributed by atoms with van der Waals surface area (Å²) in [6, 6.07) is 8.11. The Balaban J connectivity index is 2.45. The van der Waals surface area contributed by atoms with Crippen LogP contribution in [0.25, 0.3) is 0 Å². The zero-order valence-electron chi connectivity index (χ0n) is 13.4. The van der Waals surface area contributed by atoms with Crippen molar-refractivity contribution in [2.75, 3.05) is 26.7 Å². The fourth-order valence-corrected chi connectivity index (χ4v) is 1.98. The Kier molecular flexibility index (Phi) is 8.76. The Morgan fingerprint density at radius 2 is 2.10 bits per heavy atom. The summed E-state index contributed by atoms with van der Waals surface area (Å²) in [5.41, 5.74) is 1.21. The smallest absolute Gasteiger partial charge is 0.191 e. The maximum absolute atomic E-state index is 5.36. The number of hydrogen-bond donors (Lipinski definition) is 2. The molecule has 0 saturated heterocycles. The van der Waals surface area contributed by atoms with Crippen molar-refractivity contribution in [2.24, 2.45) is 4.99 Å². The fourth-order valence-electron chi connectivity index (χ4n) is 1.98. The summed E-state index contributed by atoms with van der Waals surface area (Å²) in [7, 11) is 1.71. The number of ether oxygens (including phenoxy) is 1. The number of aliphatic imine (C=N–C) groups is 1. The third-order valence-electron chi connectivity index (χ3n) is 3.02. The highest BCUT2D eigenvalue weighted by molar-refractivity contribution is 5.79. The molecule has 0 radical (unpaired) electrons. The Labute approximate surface area is 128 Å². The lowest BCUT2D eigenvalue weighted by atomic mass is 10.1. The average molecular weight is 289 g/mol. The van der Waals surface area contributed by atoms with Gasteiger partial charge in [0.2, 0.25) is 0 Å². The number of guanidine groups is 1. The van der Waals surface area contributed by atoms with Gasteiger partial charge in [-0.25, -0.2) is 0 Å². The maximum atomic E-state index is 5.36. The van der Waals surface area contributed by atoms with Crippen LogP contribution in [-0.4, -0.2) is 32.7 Å². The van der Waals surface area contributed by atoms with Gasteiger partial charge in [-0.15, -0.1) is 0 Å². The Morgan fingerprint density at radius 1 is 1.29 bits per heavy atom. The van der Waals surface area contributed by atoms with E-state index in [4.69, 9.17) is 4.74 Å². The maximum Gasteiger partial charge on any atom is 0.191 e. The monoisotopic (exact) mass is 289 g/mol. The van der Waals surface area contributed by atoms with Crippen LogP contribution in [0.2, 0.25) is 0 Å². The normalized spacial score (nSPS) is 11.7. The minimum atomic E-state index is 0.800. The average Bonchev–Trinajstić information content (AvgIpc) is 2.52. The number of nitrogens with one attached hydrogen (secondary N) is 2. The van der Waals surface area contributed by atoms with Gasteiger partial charge >= 0.3 is 0 Å². The van der Waals surface area contributed by atoms with E-state index in [1.54, 1.807) is 7.11 Å². The predicted octanol–water partition coefficient (Wildman–Crippen LogP) is 2.76. The molecule has 0 saturated carbocycles. The van der Waals surface area contributed by atoms with Crippen molar-refractivity contribution < 1.29 is 4.74 Å². The Hall–Kier alpha value is -1.97. The number of hydrogen-bond acceptors (Lipinski definition) is 2. The predicted molar refractivity (Wildman–Crippen MR) is 90.1 cm³/mol. The first-order valence-electron chi connectivity index (χ1n) is 7.57. The number of benzene rings is 1. The summed E-state index contributed by atoms with van der Waals surface area (Å²) >= 11 is 0. The van der Waals surface area contributed by atoms with E-state index in [1.807, 2.05) is 25.1 Å². The molecule has 1 aromatic carbocycles. The molecule has 4 nitrogen and oxygen atoms in total. The highest BCUT2D eigenvalue weighted by Crippen LogP contribution is 2.17. The summed E-state index contributed by atoms with van der Waals surface area (Å²) in [6.45, 7) is 6.60. The van der Waals surface area contributed by atoms with E-state index in [9.17, 15) is 0 Å². The lowest BCUT2D eigenvalue weighted by Gasteiger charge is -2.12. The molecule has 4 heteroatoms. The number of rotatable bonds is 8. The molecule has 0 aliphatic heterocycles. The molecular weight excluding hydrogens is 262 g/mol. The van der Waals surface area contributed by atoms with Crippen molar-refractivity contribution in [1.29, 1.82) is 0 Å². The van der Waals surface area contributed by atoms with Gasteiger partial charge in [-0.2, -0.15) is 0 Å². The van der Waals surface area contributed by atoms with E-state index < -0.39 is 0 Å². The quantitative estimate of drug-likeness (QED) is 0.335. The van der Waals surface area contributed by atoms with E-state index >= 15 is 0 Å². The van der Waals surface area contributed by atoms with E-state index in [0.29, 0.717) is 0 Å². The highest BCUT2D eigenvalue weighted by Gasteiger charge is 2.02. The summed E-state index contributed by atoms with van der Waals surface area (Å²) in [5.74, 6) is 1.81. The second-order valence-electron chi connectivity index (χ2n) is 4.61. The molecule has 0 spiro atoms. The number of nitrogens with zero attached hydrogens (tertiary/aromatic N) is 1. The van der Waals surface area contributed by atoms with Crippen molar-refractivity contribution in [3.05, 3.63) is 42.0 Å². The van der Waals surface area contributed by atoms with Gasteiger partial charge in [0.05, 0.1) is 7.11 Å². The minimum absolute atomic E-state index is 0.800. The lowest BCUT2D eigenvalue weighted by molar-refractivity contribution is 0.409. The van der Waals surface area contributed by atoms with Gasteiger partial charge < -0.3 is 15.4 Å². The molecule has 1 rings (SSSR count). The Bertz CT molecular complexity index is 455. The molecule has 2 N–H and O–H groups in total. The standard InChI is InChI=1S/C17H27N3O/c1-4-6-9-13-19-17(18-5-2)20-14-12-15-10-7-8-11-16(15)21-3/h4,6-8,10-11H,5,9,12-14H2,1-3H3,(H2,18,19,20)/b6-4+. The summed E-state index contributed by atoms with van der Waals surface area (Å²) in [4.78, 5) is 4.54. The van der Waals surface area contributed by atoms with Crippen LogP contribution in [0.1, 0.15) is 25.8 Å². The topological polar surface area (TPSA) is 45.7 Å². The fraction of sp³-hybridized carbons (Fsp3) is 0.471. The van der Waals surface area contributed by atoms with Crippen LogP contribution in [-0.2, 0) is 6.42 Å². The van der Waals surface area contributed by atoms with Gasteiger partial charge in [0.1, 0.15) is 5.75 Å².